The highest BCUT2D eigenvalue weighted by molar-refractivity contribution is 6.11. The SMILES string of the molecule is Cc1c(-c2ccc(-c3cncnc3)cc2)cc(-n2c3ccccc3c3cc(N(c4ccccc4)c4ccccc4)ccc32)cc1-c1ccc(-c2cncnc2)cc1. The number of rotatable bonds is 8. The molecule has 0 atom stereocenters. The standard InChI is InChI=1S/C51H36N6/c1-35-47(38-20-16-36(17-21-38)40-29-52-33-53-30-40)27-45(28-48(35)39-22-18-37(19-23-39)41-31-54-34-55-32-41)57-50-15-9-8-14-46(50)49-26-44(24-25-51(49)57)56(42-10-4-2-5-11-42)43-12-6-3-7-13-43/h2-34H,1H3. The summed E-state index contributed by atoms with van der Waals surface area (Å²) in [6, 6.07) is 58.9. The van der Waals surface area contributed by atoms with Gasteiger partial charge in [-0.2, -0.15) is 0 Å². The van der Waals surface area contributed by atoms with Gasteiger partial charge in [-0.25, -0.2) is 19.9 Å². The molecule has 0 saturated heterocycles. The summed E-state index contributed by atoms with van der Waals surface area (Å²) in [6.45, 7) is 2.23. The van der Waals surface area contributed by atoms with Gasteiger partial charge in [0.15, 0.2) is 0 Å². The number of para-hydroxylation sites is 3. The van der Waals surface area contributed by atoms with Gasteiger partial charge < -0.3 is 9.47 Å². The van der Waals surface area contributed by atoms with E-state index in [0.29, 0.717) is 0 Å². The maximum absolute atomic E-state index is 4.24. The molecule has 0 amide bonds. The van der Waals surface area contributed by atoms with Gasteiger partial charge in [-0.1, -0.05) is 103 Å². The molecule has 7 aromatic carbocycles. The van der Waals surface area contributed by atoms with Gasteiger partial charge in [0.2, 0.25) is 0 Å². The first-order chi connectivity index (χ1) is 28.2. The molecule has 0 bridgehead atoms. The van der Waals surface area contributed by atoms with Crippen LogP contribution in [0, 0.1) is 6.92 Å². The lowest BCUT2D eigenvalue weighted by atomic mass is 9.90. The molecule has 3 aromatic heterocycles. The highest BCUT2D eigenvalue weighted by Crippen LogP contribution is 2.42. The van der Waals surface area contributed by atoms with Gasteiger partial charge in [0.05, 0.1) is 11.0 Å². The van der Waals surface area contributed by atoms with E-state index in [1.54, 1.807) is 12.7 Å². The second-order valence-electron chi connectivity index (χ2n) is 14.1. The van der Waals surface area contributed by atoms with Crippen LogP contribution in [0.1, 0.15) is 5.56 Å². The molecule has 0 spiro atoms. The normalized spacial score (nSPS) is 11.2. The second-order valence-corrected chi connectivity index (χ2v) is 14.1. The van der Waals surface area contributed by atoms with Crippen molar-refractivity contribution in [2.75, 3.05) is 4.90 Å². The zero-order valence-electron chi connectivity index (χ0n) is 31.2. The molecule has 0 aliphatic heterocycles. The topological polar surface area (TPSA) is 59.7 Å². The fourth-order valence-electron chi connectivity index (χ4n) is 7.99. The number of hydrogen-bond acceptors (Lipinski definition) is 5. The van der Waals surface area contributed by atoms with Crippen LogP contribution in [0.4, 0.5) is 17.1 Å². The van der Waals surface area contributed by atoms with Crippen molar-refractivity contribution in [2.45, 2.75) is 6.92 Å². The first-order valence-electron chi connectivity index (χ1n) is 19.0. The maximum atomic E-state index is 4.24. The van der Waals surface area contributed by atoms with E-state index in [0.717, 1.165) is 67.2 Å². The first kappa shape index (κ1) is 33.8. The minimum atomic E-state index is 0.988. The molecule has 0 unspecified atom stereocenters. The average Bonchev–Trinajstić information content (AvgIpc) is 3.62. The van der Waals surface area contributed by atoms with Crippen LogP contribution < -0.4 is 4.90 Å². The van der Waals surface area contributed by atoms with Gasteiger partial charge in [0.1, 0.15) is 12.7 Å². The molecular weight excluding hydrogens is 697 g/mol. The van der Waals surface area contributed by atoms with Crippen LogP contribution in [0.2, 0.25) is 0 Å². The van der Waals surface area contributed by atoms with E-state index in [9.17, 15) is 0 Å². The Hall–Kier alpha value is -7.70. The van der Waals surface area contributed by atoms with Crippen molar-refractivity contribution in [3.8, 4) is 50.2 Å². The van der Waals surface area contributed by atoms with E-state index in [1.165, 1.54) is 27.5 Å². The predicted octanol–water partition coefficient (Wildman–Crippen LogP) is 12.8. The Morgan fingerprint density at radius 3 is 1.37 bits per heavy atom. The number of aromatic nitrogens is 5. The lowest BCUT2D eigenvalue weighted by molar-refractivity contribution is 1.17. The minimum absolute atomic E-state index is 0.988. The van der Waals surface area contributed by atoms with Crippen LogP contribution in [-0.2, 0) is 0 Å². The highest BCUT2D eigenvalue weighted by atomic mass is 15.1. The zero-order valence-corrected chi connectivity index (χ0v) is 31.2. The Kier molecular flexibility index (Phi) is 8.61. The summed E-state index contributed by atoms with van der Waals surface area (Å²) in [6.07, 6.45) is 10.5. The van der Waals surface area contributed by atoms with Gasteiger partial charge in [0.25, 0.3) is 0 Å². The molecule has 0 saturated carbocycles. The molecule has 10 rings (SSSR count). The Morgan fingerprint density at radius 2 is 0.842 bits per heavy atom. The highest BCUT2D eigenvalue weighted by Gasteiger charge is 2.19. The third kappa shape index (κ3) is 6.29. The van der Waals surface area contributed by atoms with Gasteiger partial charge in [-0.3, -0.25) is 0 Å². The van der Waals surface area contributed by atoms with Crippen molar-refractivity contribution in [3.63, 3.8) is 0 Å². The van der Waals surface area contributed by atoms with Crippen LogP contribution in [0.15, 0.2) is 201 Å². The fraction of sp³-hybridized carbons (Fsp3) is 0.0196. The quantitative estimate of drug-likeness (QED) is 0.156. The third-order valence-corrected chi connectivity index (χ3v) is 10.8. The molecular formula is C51H36N6. The molecule has 6 heteroatoms. The average molecular weight is 733 g/mol. The number of anilines is 3. The van der Waals surface area contributed by atoms with Gasteiger partial charge in [0, 0.05) is 69.4 Å². The lowest BCUT2D eigenvalue weighted by Gasteiger charge is -2.25. The van der Waals surface area contributed by atoms with Gasteiger partial charge in [-0.15, -0.1) is 0 Å². The summed E-state index contributed by atoms with van der Waals surface area (Å²) in [5.74, 6) is 0. The Bertz CT molecular complexity index is 2840. The summed E-state index contributed by atoms with van der Waals surface area (Å²) >= 11 is 0. The van der Waals surface area contributed by atoms with E-state index < -0.39 is 0 Å². The number of nitrogens with zero attached hydrogens (tertiary/aromatic N) is 6. The molecule has 0 fully saturated rings. The van der Waals surface area contributed by atoms with Crippen molar-refractivity contribution >= 4 is 38.9 Å². The number of fused-ring (bicyclic) bond motifs is 3. The Morgan fingerprint density at radius 1 is 0.386 bits per heavy atom. The first-order valence-corrected chi connectivity index (χ1v) is 19.0. The molecule has 57 heavy (non-hydrogen) atoms. The summed E-state index contributed by atoms with van der Waals surface area (Å²) in [5, 5.41) is 2.38. The van der Waals surface area contributed by atoms with Crippen LogP contribution in [-0.4, -0.2) is 24.5 Å². The zero-order chi connectivity index (χ0) is 38.1. The minimum Gasteiger partial charge on any atom is -0.310 e. The molecule has 0 aliphatic carbocycles. The van der Waals surface area contributed by atoms with Crippen molar-refractivity contribution in [1.82, 2.24) is 24.5 Å². The van der Waals surface area contributed by atoms with Crippen molar-refractivity contribution in [2.24, 2.45) is 0 Å². The number of hydrogen-bond donors (Lipinski definition) is 0. The van der Waals surface area contributed by atoms with Crippen LogP contribution in [0.5, 0.6) is 0 Å². The van der Waals surface area contributed by atoms with Gasteiger partial charge in [-0.05, 0) is 107 Å². The molecule has 0 radical (unpaired) electrons. The van der Waals surface area contributed by atoms with E-state index in [1.807, 2.05) is 24.8 Å². The van der Waals surface area contributed by atoms with E-state index >= 15 is 0 Å². The largest absolute Gasteiger partial charge is 0.310 e. The van der Waals surface area contributed by atoms with E-state index in [4.69, 9.17) is 0 Å². The predicted molar refractivity (Wildman–Crippen MR) is 233 cm³/mol. The van der Waals surface area contributed by atoms with Crippen LogP contribution in [0.3, 0.4) is 0 Å². The molecule has 0 N–H and O–H groups in total. The monoisotopic (exact) mass is 732 g/mol. The number of benzene rings is 7. The van der Waals surface area contributed by atoms with Crippen molar-refractivity contribution < 1.29 is 0 Å². The molecule has 10 aromatic rings. The van der Waals surface area contributed by atoms with Crippen LogP contribution in [0.25, 0.3) is 72.0 Å². The smallest absolute Gasteiger partial charge is 0.115 e. The summed E-state index contributed by atoms with van der Waals surface area (Å²) in [5.41, 5.74) is 16.6. The molecule has 0 aliphatic rings. The van der Waals surface area contributed by atoms with E-state index in [-0.39, 0.29) is 0 Å². The Balaban J connectivity index is 1.17. The fourth-order valence-corrected chi connectivity index (χ4v) is 7.99. The van der Waals surface area contributed by atoms with Crippen molar-refractivity contribution in [3.05, 3.63) is 207 Å². The Labute approximate surface area is 331 Å². The maximum Gasteiger partial charge on any atom is 0.115 e. The summed E-state index contributed by atoms with van der Waals surface area (Å²) in [7, 11) is 0. The van der Waals surface area contributed by atoms with Crippen molar-refractivity contribution in [1.29, 1.82) is 0 Å². The summed E-state index contributed by atoms with van der Waals surface area (Å²) < 4.78 is 2.42. The molecule has 6 nitrogen and oxygen atoms in total. The second kappa shape index (κ2) is 14.5. The van der Waals surface area contributed by atoms with Crippen LogP contribution >= 0.6 is 0 Å². The molecule has 270 valence electrons. The summed E-state index contributed by atoms with van der Waals surface area (Å²) in [4.78, 5) is 19.3. The van der Waals surface area contributed by atoms with E-state index in [2.05, 4.69) is 200 Å². The van der Waals surface area contributed by atoms with Gasteiger partial charge >= 0.3 is 0 Å². The lowest BCUT2D eigenvalue weighted by Crippen LogP contribution is -2.09. The molecule has 3 heterocycles. The third-order valence-electron chi connectivity index (χ3n) is 10.8.